The molecular weight excluding hydrogens is 278 g/mol. The van der Waals surface area contributed by atoms with E-state index in [1.165, 1.54) is 5.56 Å². The minimum atomic E-state index is 0.0514. The second kappa shape index (κ2) is 6.10. The van der Waals surface area contributed by atoms with Crippen LogP contribution in [0.2, 0.25) is 0 Å². The first-order chi connectivity index (χ1) is 10.7. The molecule has 2 aromatic carbocycles. The van der Waals surface area contributed by atoms with Crippen LogP contribution >= 0.6 is 0 Å². The van der Waals surface area contributed by atoms with Crippen molar-refractivity contribution in [2.45, 2.75) is 12.3 Å². The number of hydrogen-bond donors (Lipinski definition) is 1. The summed E-state index contributed by atoms with van der Waals surface area (Å²) in [4.78, 5) is 12.3. The van der Waals surface area contributed by atoms with E-state index < -0.39 is 0 Å². The zero-order chi connectivity index (χ0) is 15.5. The van der Waals surface area contributed by atoms with Gasteiger partial charge in [-0.15, -0.1) is 0 Å². The predicted octanol–water partition coefficient (Wildman–Crippen LogP) is 3.45. The highest BCUT2D eigenvalue weighted by Crippen LogP contribution is 2.48. The molecule has 2 atom stereocenters. The summed E-state index contributed by atoms with van der Waals surface area (Å²) in [6, 6.07) is 15.3. The molecule has 0 heterocycles. The minimum absolute atomic E-state index is 0.0514. The summed E-state index contributed by atoms with van der Waals surface area (Å²) in [5.41, 5.74) is 1.99. The quantitative estimate of drug-likeness (QED) is 0.919. The van der Waals surface area contributed by atoms with E-state index in [-0.39, 0.29) is 11.8 Å². The lowest BCUT2D eigenvalue weighted by molar-refractivity contribution is -0.117. The monoisotopic (exact) mass is 297 g/mol. The SMILES string of the molecule is COc1ccc(NC(=O)C2CC2c2ccc(OC)cc2)cc1. The Morgan fingerprint density at radius 2 is 1.50 bits per heavy atom. The first-order valence-corrected chi connectivity index (χ1v) is 7.30. The Hall–Kier alpha value is -2.49. The Balaban J connectivity index is 1.59. The van der Waals surface area contributed by atoms with Gasteiger partial charge in [0.25, 0.3) is 0 Å². The van der Waals surface area contributed by atoms with Gasteiger partial charge in [-0.05, 0) is 54.3 Å². The van der Waals surface area contributed by atoms with Crippen LogP contribution in [0.5, 0.6) is 11.5 Å². The molecule has 3 rings (SSSR count). The maximum Gasteiger partial charge on any atom is 0.228 e. The van der Waals surface area contributed by atoms with Gasteiger partial charge in [-0.25, -0.2) is 0 Å². The number of benzene rings is 2. The molecule has 1 aliphatic carbocycles. The molecule has 22 heavy (non-hydrogen) atoms. The molecule has 1 aliphatic rings. The van der Waals surface area contributed by atoms with E-state index >= 15 is 0 Å². The lowest BCUT2D eigenvalue weighted by Crippen LogP contribution is -2.14. The van der Waals surface area contributed by atoms with Gasteiger partial charge >= 0.3 is 0 Å². The fraction of sp³-hybridized carbons (Fsp3) is 0.278. The Morgan fingerprint density at radius 1 is 0.955 bits per heavy atom. The van der Waals surface area contributed by atoms with Crippen LogP contribution < -0.4 is 14.8 Å². The van der Waals surface area contributed by atoms with Crippen molar-refractivity contribution in [2.24, 2.45) is 5.92 Å². The summed E-state index contributed by atoms with van der Waals surface area (Å²) in [5.74, 6) is 2.05. The fourth-order valence-electron chi connectivity index (χ4n) is 2.61. The maximum absolute atomic E-state index is 12.3. The number of nitrogens with one attached hydrogen (secondary N) is 1. The van der Waals surface area contributed by atoms with Crippen molar-refractivity contribution in [3.63, 3.8) is 0 Å². The first-order valence-electron chi connectivity index (χ1n) is 7.30. The van der Waals surface area contributed by atoms with Crippen molar-refractivity contribution >= 4 is 11.6 Å². The van der Waals surface area contributed by atoms with Crippen LogP contribution in [0.4, 0.5) is 5.69 Å². The molecule has 114 valence electrons. The molecule has 0 aliphatic heterocycles. The molecule has 4 nitrogen and oxygen atoms in total. The summed E-state index contributed by atoms with van der Waals surface area (Å²) < 4.78 is 10.3. The van der Waals surface area contributed by atoms with Gasteiger partial charge in [0.05, 0.1) is 14.2 Å². The van der Waals surface area contributed by atoms with E-state index in [4.69, 9.17) is 9.47 Å². The van der Waals surface area contributed by atoms with E-state index in [9.17, 15) is 4.79 Å². The van der Waals surface area contributed by atoms with Crippen molar-refractivity contribution in [1.29, 1.82) is 0 Å². The molecule has 0 bridgehead atoms. The van der Waals surface area contributed by atoms with Gasteiger partial charge in [-0.1, -0.05) is 12.1 Å². The van der Waals surface area contributed by atoms with Crippen molar-refractivity contribution in [2.75, 3.05) is 19.5 Å². The van der Waals surface area contributed by atoms with E-state index in [1.807, 2.05) is 48.5 Å². The maximum atomic E-state index is 12.3. The second-order valence-electron chi connectivity index (χ2n) is 5.44. The molecule has 2 unspecified atom stereocenters. The number of carbonyl (C=O) groups excluding carboxylic acids is 1. The number of rotatable bonds is 5. The van der Waals surface area contributed by atoms with Crippen LogP contribution in [-0.4, -0.2) is 20.1 Å². The number of ether oxygens (including phenoxy) is 2. The highest BCUT2D eigenvalue weighted by molar-refractivity contribution is 5.95. The number of methoxy groups -OCH3 is 2. The zero-order valence-corrected chi connectivity index (χ0v) is 12.7. The second-order valence-corrected chi connectivity index (χ2v) is 5.44. The molecule has 1 saturated carbocycles. The van der Waals surface area contributed by atoms with Crippen molar-refractivity contribution in [3.8, 4) is 11.5 Å². The third-order valence-electron chi connectivity index (χ3n) is 4.03. The Kier molecular flexibility index (Phi) is 4.00. The van der Waals surface area contributed by atoms with E-state index in [0.29, 0.717) is 5.92 Å². The third kappa shape index (κ3) is 3.06. The molecule has 2 aromatic rings. The van der Waals surface area contributed by atoms with Crippen LogP contribution in [0.3, 0.4) is 0 Å². The lowest BCUT2D eigenvalue weighted by Gasteiger charge is -2.06. The summed E-state index contributed by atoms with van der Waals surface area (Å²) in [5, 5.41) is 2.96. The summed E-state index contributed by atoms with van der Waals surface area (Å²) in [6.07, 6.45) is 0.897. The van der Waals surface area contributed by atoms with Crippen molar-refractivity contribution in [3.05, 3.63) is 54.1 Å². The van der Waals surface area contributed by atoms with Crippen molar-refractivity contribution in [1.82, 2.24) is 0 Å². The summed E-state index contributed by atoms with van der Waals surface area (Å²) >= 11 is 0. The normalized spacial score (nSPS) is 19.4. The van der Waals surface area contributed by atoms with Crippen LogP contribution in [0, 0.1) is 5.92 Å². The molecule has 4 heteroatoms. The highest BCUT2D eigenvalue weighted by atomic mass is 16.5. The van der Waals surface area contributed by atoms with Crippen LogP contribution in [0.1, 0.15) is 17.9 Å². The van der Waals surface area contributed by atoms with Gasteiger partial charge in [-0.3, -0.25) is 4.79 Å². The van der Waals surface area contributed by atoms with Crippen molar-refractivity contribution < 1.29 is 14.3 Å². The summed E-state index contributed by atoms with van der Waals surface area (Å²) in [6.45, 7) is 0. The van der Waals surface area contributed by atoms with Gasteiger partial charge in [0.2, 0.25) is 5.91 Å². The topological polar surface area (TPSA) is 47.6 Å². The smallest absolute Gasteiger partial charge is 0.228 e. The molecular formula is C18H19NO3. The summed E-state index contributed by atoms with van der Waals surface area (Å²) in [7, 11) is 3.27. The largest absolute Gasteiger partial charge is 0.497 e. The average Bonchev–Trinajstić information content (AvgIpc) is 3.36. The molecule has 0 saturated heterocycles. The molecule has 1 N–H and O–H groups in total. The van der Waals surface area contributed by atoms with Gasteiger partial charge in [-0.2, -0.15) is 0 Å². The first kappa shape index (κ1) is 14.4. The van der Waals surface area contributed by atoms with E-state index in [2.05, 4.69) is 5.32 Å². The third-order valence-corrected chi connectivity index (χ3v) is 4.03. The number of carbonyl (C=O) groups is 1. The lowest BCUT2D eigenvalue weighted by atomic mass is 10.1. The van der Waals surface area contributed by atoms with Gasteiger partial charge < -0.3 is 14.8 Å². The van der Waals surface area contributed by atoms with Crippen LogP contribution in [-0.2, 0) is 4.79 Å². The predicted molar refractivity (Wildman–Crippen MR) is 85.5 cm³/mol. The van der Waals surface area contributed by atoms with Gasteiger partial charge in [0, 0.05) is 11.6 Å². The Labute approximate surface area is 130 Å². The standard InChI is InChI=1S/C18H19NO3/c1-21-14-7-3-12(4-8-14)16-11-17(16)18(20)19-13-5-9-15(22-2)10-6-13/h3-10,16-17H,11H2,1-2H3,(H,19,20). The molecule has 0 aromatic heterocycles. The highest BCUT2D eigenvalue weighted by Gasteiger charge is 2.43. The van der Waals surface area contributed by atoms with Gasteiger partial charge in [0.1, 0.15) is 11.5 Å². The van der Waals surface area contributed by atoms with E-state index in [1.54, 1.807) is 14.2 Å². The number of anilines is 1. The Morgan fingerprint density at radius 3 is 2.05 bits per heavy atom. The number of hydrogen-bond acceptors (Lipinski definition) is 3. The Bertz CT molecular complexity index is 649. The molecule has 1 fully saturated rings. The van der Waals surface area contributed by atoms with Crippen LogP contribution in [0.15, 0.2) is 48.5 Å². The van der Waals surface area contributed by atoms with E-state index in [0.717, 1.165) is 23.6 Å². The molecule has 0 radical (unpaired) electrons. The molecule has 1 amide bonds. The van der Waals surface area contributed by atoms with Crippen LogP contribution in [0.25, 0.3) is 0 Å². The molecule has 0 spiro atoms. The van der Waals surface area contributed by atoms with Gasteiger partial charge in [0.15, 0.2) is 0 Å². The zero-order valence-electron chi connectivity index (χ0n) is 12.7. The number of amides is 1. The minimum Gasteiger partial charge on any atom is -0.497 e. The average molecular weight is 297 g/mol. The fourth-order valence-corrected chi connectivity index (χ4v) is 2.61.